The topological polar surface area (TPSA) is 103 Å². The van der Waals surface area contributed by atoms with Crippen LogP contribution < -0.4 is 14.8 Å². The summed E-state index contributed by atoms with van der Waals surface area (Å²) >= 11 is 1.28. The number of nitrogens with one attached hydrogen (secondary N) is 1. The third-order valence-electron chi connectivity index (χ3n) is 5.94. The number of hydrogen-bond acceptors (Lipinski definition) is 8. The maximum atomic E-state index is 12.5. The Labute approximate surface area is 225 Å². The van der Waals surface area contributed by atoms with Crippen LogP contribution in [0.15, 0.2) is 70.7 Å². The summed E-state index contributed by atoms with van der Waals surface area (Å²) in [5, 5.41) is 4.73. The molecule has 0 bridgehead atoms. The molecule has 1 amide bonds. The average Bonchev–Trinajstić information content (AvgIpc) is 3.59. The molecule has 1 N–H and O–H groups in total. The van der Waals surface area contributed by atoms with Gasteiger partial charge < -0.3 is 19.5 Å². The number of nitrogens with zero attached hydrogens (tertiary/aromatic N) is 1. The Morgan fingerprint density at radius 2 is 1.89 bits per heavy atom. The van der Waals surface area contributed by atoms with E-state index in [-0.39, 0.29) is 29.2 Å². The second-order valence-electron chi connectivity index (χ2n) is 8.57. The Balaban J connectivity index is 1.47. The van der Waals surface area contributed by atoms with Gasteiger partial charge in [-0.25, -0.2) is 14.6 Å². The fourth-order valence-electron chi connectivity index (χ4n) is 3.90. The highest BCUT2D eigenvalue weighted by Crippen LogP contribution is 2.31. The maximum absolute atomic E-state index is 12.5. The number of rotatable bonds is 10. The summed E-state index contributed by atoms with van der Waals surface area (Å²) < 4.78 is 16.2. The van der Waals surface area contributed by atoms with Crippen LogP contribution in [0.5, 0.6) is 11.5 Å². The Bertz CT molecular complexity index is 1380. The van der Waals surface area contributed by atoms with Gasteiger partial charge in [-0.15, -0.1) is 11.3 Å². The Hall–Kier alpha value is -4.24. The quantitative estimate of drug-likeness (QED) is 0.193. The lowest BCUT2D eigenvalue weighted by atomic mass is 10.00. The van der Waals surface area contributed by atoms with Gasteiger partial charge in [-0.05, 0) is 72.3 Å². The zero-order valence-corrected chi connectivity index (χ0v) is 22.2. The van der Waals surface area contributed by atoms with Gasteiger partial charge in [-0.3, -0.25) is 4.79 Å². The van der Waals surface area contributed by atoms with Crippen LogP contribution >= 0.6 is 11.3 Å². The van der Waals surface area contributed by atoms with Crippen LogP contribution in [-0.2, 0) is 14.3 Å². The minimum Gasteiger partial charge on any atom is -0.493 e. The van der Waals surface area contributed by atoms with Crippen LogP contribution in [0.4, 0.5) is 5.69 Å². The monoisotopic (exact) mass is 532 g/mol. The van der Waals surface area contributed by atoms with Gasteiger partial charge in [0, 0.05) is 17.2 Å². The van der Waals surface area contributed by atoms with Crippen LogP contribution in [0.3, 0.4) is 0 Å². The van der Waals surface area contributed by atoms with E-state index in [9.17, 15) is 14.4 Å². The molecule has 0 spiro atoms. The zero-order valence-electron chi connectivity index (χ0n) is 21.4. The predicted molar refractivity (Wildman–Crippen MR) is 147 cm³/mol. The van der Waals surface area contributed by atoms with Crippen molar-refractivity contribution in [3.63, 3.8) is 0 Å². The molecule has 1 aliphatic heterocycles. The van der Waals surface area contributed by atoms with E-state index in [1.165, 1.54) is 18.4 Å². The lowest BCUT2D eigenvalue weighted by Gasteiger charge is -2.14. The molecule has 38 heavy (non-hydrogen) atoms. The highest BCUT2D eigenvalue weighted by atomic mass is 32.1. The summed E-state index contributed by atoms with van der Waals surface area (Å²) in [6.07, 6.45) is 4.15. The van der Waals surface area contributed by atoms with Crippen molar-refractivity contribution in [1.29, 1.82) is 0 Å². The first kappa shape index (κ1) is 26.8. The molecule has 196 valence electrons. The van der Waals surface area contributed by atoms with E-state index in [4.69, 9.17) is 14.2 Å². The summed E-state index contributed by atoms with van der Waals surface area (Å²) in [7, 11) is 1.47. The second kappa shape index (κ2) is 12.3. The van der Waals surface area contributed by atoms with Gasteiger partial charge in [0.05, 0.1) is 7.11 Å². The standard InChI is InChI=1S/C29H28N2O6S/c1-4-7-19(5-2)26(32)30-21-12-10-20(11-13-21)27-31-22(28(33)37-27)16-18-9-14-23(24(17-18)35-3)36-29(34)25-8-6-15-38-25/h6,8-17,19H,4-5,7H2,1-3H3,(H,30,32)/b22-16+. The number of methoxy groups -OCH3 is 1. The molecule has 1 unspecified atom stereocenters. The first-order chi connectivity index (χ1) is 18.4. The zero-order chi connectivity index (χ0) is 27.1. The van der Waals surface area contributed by atoms with E-state index in [0.717, 1.165) is 19.3 Å². The van der Waals surface area contributed by atoms with Crippen LogP contribution in [0.2, 0.25) is 0 Å². The number of ether oxygens (including phenoxy) is 3. The number of hydrogen-bond donors (Lipinski definition) is 1. The molecule has 9 heteroatoms. The van der Waals surface area contributed by atoms with Crippen molar-refractivity contribution in [3.05, 3.63) is 81.7 Å². The molecule has 1 aromatic heterocycles. The maximum Gasteiger partial charge on any atom is 0.363 e. The van der Waals surface area contributed by atoms with Crippen LogP contribution in [0.1, 0.15) is 53.9 Å². The molecule has 1 aliphatic rings. The summed E-state index contributed by atoms with van der Waals surface area (Å²) in [5.74, 6) is -0.317. The molecule has 3 aromatic rings. The largest absolute Gasteiger partial charge is 0.493 e. The highest BCUT2D eigenvalue weighted by Gasteiger charge is 2.25. The van der Waals surface area contributed by atoms with E-state index in [0.29, 0.717) is 27.4 Å². The van der Waals surface area contributed by atoms with E-state index >= 15 is 0 Å². The minimum atomic E-state index is -0.588. The number of aliphatic imine (C=N–C) groups is 1. The molecule has 4 rings (SSSR count). The van der Waals surface area contributed by atoms with Crippen molar-refractivity contribution in [2.75, 3.05) is 12.4 Å². The average molecular weight is 533 g/mol. The van der Waals surface area contributed by atoms with E-state index in [1.54, 1.807) is 66.1 Å². The van der Waals surface area contributed by atoms with Gasteiger partial charge in [-0.2, -0.15) is 0 Å². The molecule has 0 saturated carbocycles. The lowest BCUT2D eigenvalue weighted by molar-refractivity contribution is -0.130. The van der Waals surface area contributed by atoms with Crippen molar-refractivity contribution in [3.8, 4) is 11.5 Å². The molecule has 2 heterocycles. The van der Waals surface area contributed by atoms with Crippen molar-refractivity contribution < 1.29 is 28.6 Å². The second-order valence-corrected chi connectivity index (χ2v) is 9.52. The molecule has 0 fully saturated rings. The van der Waals surface area contributed by atoms with Crippen LogP contribution in [0, 0.1) is 5.92 Å². The Morgan fingerprint density at radius 1 is 1.11 bits per heavy atom. The summed E-state index contributed by atoms with van der Waals surface area (Å²) in [6, 6.07) is 15.4. The van der Waals surface area contributed by atoms with Crippen molar-refractivity contribution >= 4 is 46.8 Å². The van der Waals surface area contributed by atoms with Crippen molar-refractivity contribution in [1.82, 2.24) is 0 Å². The van der Waals surface area contributed by atoms with Crippen molar-refractivity contribution in [2.24, 2.45) is 10.9 Å². The molecule has 0 radical (unpaired) electrons. The minimum absolute atomic E-state index is 0.000289. The van der Waals surface area contributed by atoms with E-state index < -0.39 is 11.9 Å². The third kappa shape index (κ3) is 6.36. The lowest BCUT2D eigenvalue weighted by Crippen LogP contribution is -2.22. The first-order valence-corrected chi connectivity index (χ1v) is 13.2. The van der Waals surface area contributed by atoms with Gasteiger partial charge in [0.2, 0.25) is 11.8 Å². The Kier molecular flexibility index (Phi) is 8.70. The van der Waals surface area contributed by atoms with Gasteiger partial charge in [-0.1, -0.05) is 32.4 Å². The molecule has 0 aliphatic carbocycles. The van der Waals surface area contributed by atoms with Crippen molar-refractivity contribution in [2.45, 2.75) is 33.1 Å². The predicted octanol–water partition coefficient (Wildman–Crippen LogP) is 6.09. The summed E-state index contributed by atoms with van der Waals surface area (Å²) in [5.41, 5.74) is 2.01. The number of esters is 2. The molecule has 0 saturated heterocycles. The molecule has 1 atom stereocenters. The van der Waals surface area contributed by atoms with Crippen LogP contribution in [0.25, 0.3) is 6.08 Å². The first-order valence-electron chi connectivity index (χ1n) is 12.3. The van der Waals surface area contributed by atoms with Gasteiger partial charge in [0.1, 0.15) is 4.88 Å². The van der Waals surface area contributed by atoms with Gasteiger partial charge in [0.15, 0.2) is 17.2 Å². The van der Waals surface area contributed by atoms with Crippen LogP contribution in [-0.4, -0.2) is 30.9 Å². The number of thiophene rings is 1. The SMILES string of the molecule is CCCC(CC)C(=O)Nc1ccc(C2=N/C(=C/c3ccc(OC(=O)c4cccs4)c(OC)c3)C(=O)O2)cc1. The fourth-order valence-corrected chi connectivity index (χ4v) is 4.50. The summed E-state index contributed by atoms with van der Waals surface area (Å²) in [4.78, 5) is 42.1. The number of cyclic esters (lactones) is 1. The number of anilines is 1. The number of carbonyl (C=O) groups excluding carboxylic acids is 3. The smallest absolute Gasteiger partial charge is 0.363 e. The highest BCUT2D eigenvalue weighted by molar-refractivity contribution is 7.12. The number of benzene rings is 2. The molecule has 8 nitrogen and oxygen atoms in total. The molecule has 2 aromatic carbocycles. The number of carbonyl (C=O) groups is 3. The summed E-state index contributed by atoms with van der Waals surface area (Å²) in [6.45, 7) is 4.07. The van der Waals surface area contributed by atoms with E-state index in [2.05, 4.69) is 17.2 Å². The normalized spacial score (nSPS) is 14.6. The van der Waals surface area contributed by atoms with E-state index in [1.807, 2.05) is 6.92 Å². The molecular weight excluding hydrogens is 504 g/mol. The Morgan fingerprint density at radius 3 is 2.55 bits per heavy atom. The van der Waals surface area contributed by atoms with Gasteiger partial charge in [0.25, 0.3) is 0 Å². The number of amides is 1. The fraction of sp³-hybridized carbons (Fsp3) is 0.241. The molecular formula is C29H28N2O6S. The van der Waals surface area contributed by atoms with Gasteiger partial charge >= 0.3 is 11.9 Å². The third-order valence-corrected chi connectivity index (χ3v) is 6.79.